The summed E-state index contributed by atoms with van der Waals surface area (Å²) >= 11 is 1.68. The van der Waals surface area contributed by atoms with Crippen LogP contribution in [0.1, 0.15) is 23.8 Å². The summed E-state index contributed by atoms with van der Waals surface area (Å²) in [7, 11) is 0. The van der Waals surface area contributed by atoms with E-state index >= 15 is 0 Å². The number of nitrogens with zero attached hydrogens (tertiary/aromatic N) is 4. The molecule has 1 aliphatic rings. The van der Waals surface area contributed by atoms with Crippen LogP contribution < -0.4 is 11.4 Å². The highest BCUT2D eigenvalue weighted by Gasteiger charge is 2.24. The van der Waals surface area contributed by atoms with Crippen LogP contribution in [0.15, 0.2) is 11.1 Å². The van der Waals surface area contributed by atoms with Crippen molar-refractivity contribution in [1.29, 1.82) is 0 Å². The van der Waals surface area contributed by atoms with Crippen LogP contribution in [-0.2, 0) is 24.2 Å². The number of aromatic nitrogens is 4. The molecule has 0 fully saturated rings. The zero-order valence-electron chi connectivity index (χ0n) is 12.1. The molecule has 0 bridgehead atoms. The van der Waals surface area contributed by atoms with Gasteiger partial charge in [0, 0.05) is 4.88 Å². The zero-order valence-corrected chi connectivity index (χ0v) is 12.9. The number of amides is 1. The summed E-state index contributed by atoms with van der Waals surface area (Å²) < 4.78 is 2.50. The maximum absolute atomic E-state index is 12.3. The Labute approximate surface area is 129 Å². The number of carbonyl (C=O) groups excluding carboxylic acids is 1. The molecule has 0 aliphatic heterocycles. The fourth-order valence-electron chi connectivity index (χ4n) is 3.11. The highest BCUT2D eigenvalue weighted by atomic mass is 32.1. The molecule has 1 atom stereocenters. The number of nitrogens with two attached hydrogens (primary N) is 1. The van der Waals surface area contributed by atoms with Crippen LogP contribution in [0.4, 0.5) is 0 Å². The summed E-state index contributed by atoms with van der Waals surface area (Å²) in [5.41, 5.74) is 6.62. The second-order valence-corrected chi connectivity index (χ2v) is 6.96. The third-order valence-corrected chi connectivity index (χ3v) is 5.35. The van der Waals surface area contributed by atoms with Crippen molar-refractivity contribution in [3.63, 3.8) is 0 Å². The van der Waals surface area contributed by atoms with Crippen LogP contribution in [0.5, 0.6) is 0 Å². The number of hydrogen-bond acceptors (Lipinski definition) is 5. The average molecular weight is 317 g/mol. The van der Waals surface area contributed by atoms with E-state index < -0.39 is 5.91 Å². The van der Waals surface area contributed by atoms with Gasteiger partial charge in [-0.15, -0.1) is 16.4 Å². The van der Waals surface area contributed by atoms with E-state index in [1.165, 1.54) is 21.2 Å². The van der Waals surface area contributed by atoms with Gasteiger partial charge >= 0.3 is 5.69 Å². The van der Waals surface area contributed by atoms with Crippen molar-refractivity contribution in [2.75, 3.05) is 0 Å². The molecule has 22 heavy (non-hydrogen) atoms. The summed E-state index contributed by atoms with van der Waals surface area (Å²) in [5.74, 6) is 0.0853. The first-order valence-electron chi connectivity index (χ1n) is 7.21. The Morgan fingerprint density at radius 1 is 1.55 bits per heavy atom. The van der Waals surface area contributed by atoms with Crippen molar-refractivity contribution in [3.05, 3.63) is 27.3 Å². The third-order valence-electron chi connectivity index (χ3n) is 4.18. The summed E-state index contributed by atoms with van der Waals surface area (Å²) in [4.78, 5) is 30.0. The van der Waals surface area contributed by atoms with E-state index in [2.05, 4.69) is 17.0 Å². The van der Waals surface area contributed by atoms with E-state index in [-0.39, 0.29) is 12.2 Å². The predicted molar refractivity (Wildman–Crippen MR) is 83.0 cm³/mol. The molecule has 0 saturated heterocycles. The quantitative estimate of drug-likeness (QED) is 0.753. The van der Waals surface area contributed by atoms with Crippen molar-refractivity contribution < 1.29 is 4.79 Å². The van der Waals surface area contributed by atoms with Crippen molar-refractivity contribution in [2.24, 2.45) is 11.7 Å². The number of carbonyl (C=O) groups is 1. The Kier molecular flexibility index (Phi) is 2.83. The minimum Gasteiger partial charge on any atom is -0.368 e. The fraction of sp³-hybridized carbons (Fsp3) is 0.429. The molecular weight excluding hydrogens is 302 g/mol. The van der Waals surface area contributed by atoms with Gasteiger partial charge in [0.1, 0.15) is 17.7 Å². The minimum absolute atomic E-state index is 0.217. The monoisotopic (exact) mass is 317 g/mol. The maximum Gasteiger partial charge on any atom is 0.352 e. The normalized spacial score (nSPS) is 18.0. The number of primary amides is 1. The van der Waals surface area contributed by atoms with Crippen molar-refractivity contribution in [2.45, 2.75) is 32.7 Å². The molecule has 114 valence electrons. The molecule has 0 aromatic carbocycles. The van der Waals surface area contributed by atoms with Gasteiger partial charge in [0.2, 0.25) is 5.91 Å². The van der Waals surface area contributed by atoms with Gasteiger partial charge in [-0.2, -0.15) is 0 Å². The fourth-order valence-corrected chi connectivity index (χ4v) is 4.46. The Bertz CT molecular complexity index is 967. The number of rotatable bonds is 2. The second kappa shape index (κ2) is 4.64. The molecular formula is C14H15N5O2S. The number of thiophene rings is 1. The molecule has 7 nitrogen and oxygen atoms in total. The SMILES string of the molecule is CC1CCc2c(sc3ncn4c(=O)n(CC(N)=O)nc4c23)C1. The summed E-state index contributed by atoms with van der Waals surface area (Å²) in [5, 5.41) is 5.27. The molecule has 1 amide bonds. The van der Waals surface area contributed by atoms with Crippen LogP contribution in [0, 0.1) is 5.92 Å². The largest absolute Gasteiger partial charge is 0.368 e. The Hall–Kier alpha value is -2.22. The number of aryl methyl sites for hydroxylation is 1. The molecule has 3 aromatic heterocycles. The standard InChI is InChI=1S/C14H15N5O2S/c1-7-2-3-8-9(4-7)22-13-11(8)12-17-19(5-10(15)20)14(21)18(12)6-16-13/h6-7H,2-5H2,1H3,(H2,15,20). The summed E-state index contributed by atoms with van der Waals surface area (Å²) in [6.07, 6.45) is 4.64. The third kappa shape index (κ3) is 1.87. The number of fused-ring (bicyclic) bond motifs is 5. The van der Waals surface area contributed by atoms with Crippen molar-refractivity contribution >= 4 is 33.1 Å². The van der Waals surface area contributed by atoms with E-state index in [0.717, 1.165) is 34.2 Å². The topological polar surface area (TPSA) is 95.3 Å². The Balaban J connectivity index is 2.02. The Morgan fingerprint density at radius 2 is 2.36 bits per heavy atom. The van der Waals surface area contributed by atoms with Gasteiger partial charge in [0.25, 0.3) is 0 Å². The van der Waals surface area contributed by atoms with Crippen molar-refractivity contribution in [1.82, 2.24) is 19.2 Å². The van der Waals surface area contributed by atoms with Gasteiger partial charge in [-0.1, -0.05) is 6.92 Å². The van der Waals surface area contributed by atoms with Crippen LogP contribution >= 0.6 is 11.3 Å². The van der Waals surface area contributed by atoms with E-state index in [1.54, 1.807) is 11.3 Å². The van der Waals surface area contributed by atoms with Gasteiger partial charge in [0.05, 0.1) is 5.39 Å². The molecule has 8 heteroatoms. The zero-order chi connectivity index (χ0) is 15.4. The molecule has 3 heterocycles. The smallest absolute Gasteiger partial charge is 0.352 e. The summed E-state index contributed by atoms with van der Waals surface area (Å²) in [6, 6.07) is 0. The van der Waals surface area contributed by atoms with E-state index in [9.17, 15) is 9.59 Å². The lowest BCUT2D eigenvalue weighted by molar-refractivity contribution is -0.118. The van der Waals surface area contributed by atoms with E-state index in [0.29, 0.717) is 11.6 Å². The average Bonchev–Trinajstić information content (AvgIpc) is 2.96. The lowest BCUT2D eigenvalue weighted by Crippen LogP contribution is -2.28. The molecule has 2 N–H and O–H groups in total. The lowest BCUT2D eigenvalue weighted by Gasteiger charge is -2.17. The van der Waals surface area contributed by atoms with Gasteiger partial charge < -0.3 is 5.73 Å². The first kappa shape index (κ1) is 13.4. The predicted octanol–water partition coefficient (Wildman–Crippen LogP) is 0.716. The Morgan fingerprint density at radius 3 is 3.14 bits per heavy atom. The highest BCUT2D eigenvalue weighted by Crippen LogP contribution is 2.38. The summed E-state index contributed by atoms with van der Waals surface area (Å²) in [6.45, 7) is 2.04. The van der Waals surface area contributed by atoms with Gasteiger partial charge in [-0.05, 0) is 30.7 Å². The molecule has 1 unspecified atom stereocenters. The van der Waals surface area contributed by atoms with Gasteiger partial charge in [0.15, 0.2) is 5.65 Å². The molecule has 4 rings (SSSR count). The first-order chi connectivity index (χ1) is 10.5. The molecule has 1 aliphatic carbocycles. The second-order valence-electron chi connectivity index (χ2n) is 5.88. The van der Waals surface area contributed by atoms with Gasteiger partial charge in [-0.25, -0.2) is 18.9 Å². The van der Waals surface area contributed by atoms with E-state index in [4.69, 9.17) is 5.73 Å². The molecule has 0 saturated carbocycles. The first-order valence-corrected chi connectivity index (χ1v) is 8.03. The van der Waals surface area contributed by atoms with Crippen LogP contribution in [0.3, 0.4) is 0 Å². The van der Waals surface area contributed by atoms with Crippen LogP contribution in [0.2, 0.25) is 0 Å². The maximum atomic E-state index is 12.3. The molecule has 3 aromatic rings. The van der Waals surface area contributed by atoms with Crippen LogP contribution in [0.25, 0.3) is 15.9 Å². The number of hydrogen-bond donors (Lipinski definition) is 1. The highest BCUT2D eigenvalue weighted by molar-refractivity contribution is 7.19. The molecule has 0 spiro atoms. The minimum atomic E-state index is -0.587. The van der Waals surface area contributed by atoms with Crippen LogP contribution in [-0.4, -0.2) is 25.1 Å². The van der Waals surface area contributed by atoms with Crippen molar-refractivity contribution in [3.8, 4) is 0 Å². The van der Waals surface area contributed by atoms with E-state index in [1.807, 2.05) is 0 Å². The van der Waals surface area contributed by atoms with Gasteiger partial charge in [-0.3, -0.25) is 4.79 Å². The lowest BCUT2D eigenvalue weighted by atomic mass is 9.89. The molecule has 0 radical (unpaired) electrons.